The molecule has 0 aromatic heterocycles. The molecule has 1 saturated carbocycles. The molecule has 1 aliphatic carbocycles. The van der Waals surface area contributed by atoms with E-state index >= 15 is 0 Å². The van der Waals surface area contributed by atoms with Gasteiger partial charge in [-0.15, -0.1) is 0 Å². The second-order valence-corrected chi connectivity index (χ2v) is 5.07. The van der Waals surface area contributed by atoms with Crippen molar-refractivity contribution in [1.82, 2.24) is 0 Å². The van der Waals surface area contributed by atoms with E-state index in [-0.39, 0.29) is 10.5 Å². The van der Waals surface area contributed by atoms with Crippen molar-refractivity contribution in [2.75, 3.05) is 6.54 Å². The van der Waals surface area contributed by atoms with Crippen molar-refractivity contribution >= 4 is 28.6 Å². The minimum absolute atomic E-state index is 0.117. The lowest BCUT2D eigenvalue weighted by Crippen LogP contribution is -2.56. The van der Waals surface area contributed by atoms with Crippen LogP contribution in [0.2, 0.25) is 0 Å². The van der Waals surface area contributed by atoms with Crippen LogP contribution in [0.25, 0.3) is 0 Å². The SMILES string of the molecule is CC(N)(CN)C1(C(=O)O)CC1I. The van der Waals surface area contributed by atoms with E-state index in [0.29, 0.717) is 6.42 Å². The fraction of sp³-hybridized carbons (Fsp3) is 0.857. The molecule has 0 saturated heterocycles. The van der Waals surface area contributed by atoms with E-state index < -0.39 is 16.9 Å². The molecule has 5 heteroatoms. The van der Waals surface area contributed by atoms with E-state index in [1.165, 1.54) is 0 Å². The highest BCUT2D eigenvalue weighted by Gasteiger charge is 2.67. The molecule has 0 amide bonds. The van der Waals surface area contributed by atoms with Crippen molar-refractivity contribution < 1.29 is 9.90 Å². The van der Waals surface area contributed by atoms with E-state index in [9.17, 15) is 4.79 Å². The number of carbonyl (C=O) groups is 1. The molecule has 0 spiro atoms. The Morgan fingerprint density at radius 1 is 1.92 bits per heavy atom. The number of alkyl halides is 1. The first kappa shape index (κ1) is 10.2. The largest absolute Gasteiger partial charge is 0.481 e. The van der Waals surface area contributed by atoms with Gasteiger partial charge in [0.25, 0.3) is 0 Å². The predicted molar refractivity (Wildman–Crippen MR) is 54.1 cm³/mol. The van der Waals surface area contributed by atoms with Crippen LogP contribution in [0.4, 0.5) is 0 Å². The van der Waals surface area contributed by atoms with Gasteiger partial charge >= 0.3 is 5.97 Å². The fourth-order valence-electron chi connectivity index (χ4n) is 1.46. The monoisotopic (exact) mass is 284 g/mol. The van der Waals surface area contributed by atoms with E-state index in [2.05, 4.69) is 22.6 Å². The van der Waals surface area contributed by atoms with Crippen LogP contribution in [0.5, 0.6) is 0 Å². The number of rotatable bonds is 3. The molecule has 3 atom stereocenters. The van der Waals surface area contributed by atoms with Crippen molar-refractivity contribution in [1.29, 1.82) is 0 Å². The molecule has 70 valence electrons. The topological polar surface area (TPSA) is 89.3 Å². The fourth-order valence-corrected chi connectivity index (χ4v) is 3.13. The van der Waals surface area contributed by atoms with Crippen LogP contribution in [0, 0.1) is 5.41 Å². The molecule has 5 N–H and O–H groups in total. The first-order valence-electron chi connectivity index (χ1n) is 3.75. The summed E-state index contributed by atoms with van der Waals surface area (Å²) in [6.07, 6.45) is 0.632. The van der Waals surface area contributed by atoms with Gasteiger partial charge < -0.3 is 16.6 Å². The highest BCUT2D eigenvalue weighted by atomic mass is 127. The molecule has 1 fully saturated rings. The van der Waals surface area contributed by atoms with Gasteiger partial charge in [-0.25, -0.2) is 0 Å². The lowest BCUT2D eigenvalue weighted by molar-refractivity contribution is -0.145. The zero-order chi connectivity index (χ0) is 9.57. The number of aliphatic carboxylic acids is 1. The molecule has 0 aromatic carbocycles. The highest BCUT2D eigenvalue weighted by molar-refractivity contribution is 14.1. The van der Waals surface area contributed by atoms with Crippen LogP contribution in [0.3, 0.4) is 0 Å². The maximum absolute atomic E-state index is 11.0. The van der Waals surface area contributed by atoms with Crippen molar-refractivity contribution in [3.63, 3.8) is 0 Å². The summed E-state index contributed by atoms with van der Waals surface area (Å²) in [5, 5.41) is 9.00. The lowest BCUT2D eigenvalue weighted by atomic mass is 9.83. The molecule has 0 heterocycles. The number of nitrogens with two attached hydrogens (primary N) is 2. The number of carboxylic acids is 1. The van der Waals surface area contributed by atoms with E-state index in [1.54, 1.807) is 6.92 Å². The molecule has 3 unspecified atom stereocenters. The summed E-state index contributed by atoms with van der Waals surface area (Å²) in [7, 11) is 0. The Kier molecular flexibility index (Phi) is 2.39. The van der Waals surface area contributed by atoms with Gasteiger partial charge in [0.2, 0.25) is 0 Å². The Morgan fingerprint density at radius 3 is 2.42 bits per heavy atom. The summed E-state index contributed by atoms with van der Waals surface area (Å²) in [6.45, 7) is 1.92. The molecule has 12 heavy (non-hydrogen) atoms. The van der Waals surface area contributed by atoms with Crippen LogP contribution >= 0.6 is 22.6 Å². The lowest BCUT2D eigenvalue weighted by Gasteiger charge is -2.30. The molecule has 0 bridgehead atoms. The Hall–Kier alpha value is 0.120. The Balaban J connectivity index is 2.91. The number of hydrogen-bond acceptors (Lipinski definition) is 3. The van der Waals surface area contributed by atoms with Crippen LogP contribution in [0.1, 0.15) is 13.3 Å². The van der Waals surface area contributed by atoms with E-state index in [4.69, 9.17) is 16.6 Å². The van der Waals surface area contributed by atoms with Crippen molar-refractivity contribution in [3.05, 3.63) is 0 Å². The average molecular weight is 284 g/mol. The smallest absolute Gasteiger partial charge is 0.312 e. The Bertz CT molecular complexity index is 219. The zero-order valence-electron chi connectivity index (χ0n) is 6.88. The second-order valence-electron chi connectivity index (χ2n) is 3.57. The van der Waals surface area contributed by atoms with Crippen molar-refractivity contribution in [3.8, 4) is 0 Å². The van der Waals surface area contributed by atoms with Crippen LogP contribution < -0.4 is 11.5 Å². The van der Waals surface area contributed by atoms with Crippen LogP contribution in [-0.4, -0.2) is 27.1 Å². The van der Waals surface area contributed by atoms with Gasteiger partial charge in [-0.2, -0.15) is 0 Å². The third kappa shape index (κ3) is 1.14. The summed E-state index contributed by atoms with van der Waals surface area (Å²) in [5.74, 6) is -0.822. The predicted octanol–water partition coefficient (Wildman–Crippen LogP) is -0.0592. The molecule has 0 aromatic rings. The van der Waals surface area contributed by atoms with Gasteiger partial charge in [-0.3, -0.25) is 4.79 Å². The van der Waals surface area contributed by atoms with Crippen molar-refractivity contribution in [2.24, 2.45) is 16.9 Å². The molecule has 0 aliphatic heterocycles. The molecular formula is C7H13IN2O2. The minimum Gasteiger partial charge on any atom is -0.481 e. The quantitative estimate of drug-likeness (QED) is 0.500. The standard InChI is InChI=1S/C7H13IN2O2/c1-6(10,3-9)7(5(11)12)2-4(7)8/h4H,2-3,9-10H2,1H3,(H,11,12). The van der Waals surface area contributed by atoms with Crippen LogP contribution in [-0.2, 0) is 4.79 Å². The van der Waals surface area contributed by atoms with Gasteiger partial charge in [0.15, 0.2) is 0 Å². The maximum Gasteiger partial charge on any atom is 0.312 e. The number of carboxylic acid groups (broad SMARTS) is 1. The highest BCUT2D eigenvalue weighted by Crippen LogP contribution is 2.57. The van der Waals surface area contributed by atoms with Gasteiger partial charge in [-0.1, -0.05) is 22.6 Å². The minimum atomic E-state index is -0.822. The summed E-state index contributed by atoms with van der Waals surface area (Å²) in [5.41, 5.74) is 9.70. The molecular weight excluding hydrogens is 271 g/mol. The van der Waals surface area contributed by atoms with Crippen molar-refractivity contribution in [2.45, 2.75) is 22.8 Å². The average Bonchev–Trinajstić information content (AvgIpc) is 2.63. The third-order valence-corrected chi connectivity index (χ3v) is 4.20. The number of hydrogen-bond donors (Lipinski definition) is 3. The molecule has 0 radical (unpaired) electrons. The Labute approximate surface area is 84.8 Å². The van der Waals surface area contributed by atoms with Gasteiger partial charge in [0, 0.05) is 16.0 Å². The summed E-state index contributed by atoms with van der Waals surface area (Å²) in [6, 6.07) is 0. The molecule has 1 rings (SSSR count). The van der Waals surface area contributed by atoms with Gasteiger partial charge in [0.1, 0.15) is 0 Å². The molecule has 4 nitrogen and oxygen atoms in total. The third-order valence-electron chi connectivity index (χ3n) is 2.70. The maximum atomic E-state index is 11.0. The zero-order valence-corrected chi connectivity index (χ0v) is 9.04. The first-order chi connectivity index (χ1) is 5.38. The summed E-state index contributed by atoms with van der Waals surface area (Å²) < 4.78 is 0.117. The summed E-state index contributed by atoms with van der Waals surface area (Å²) >= 11 is 2.12. The van der Waals surface area contributed by atoms with Crippen LogP contribution in [0.15, 0.2) is 0 Å². The van der Waals surface area contributed by atoms with E-state index in [0.717, 1.165) is 0 Å². The first-order valence-corrected chi connectivity index (χ1v) is 4.99. The second kappa shape index (κ2) is 2.81. The summed E-state index contributed by atoms with van der Waals surface area (Å²) in [4.78, 5) is 11.0. The number of halogens is 1. The van der Waals surface area contributed by atoms with Gasteiger partial charge in [-0.05, 0) is 13.3 Å². The van der Waals surface area contributed by atoms with E-state index in [1.807, 2.05) is 0 Å². The molecule has 1 aliphatic rings. The van der Waals surface area contributed by atoms with Gasteiger partial charge in [0.05, 0.1) is 5.41 Å². The Morgan fingerprint density at radius 2 is 2.33 bits per heavy atom. The normalized spacial score (nSPS) is 38.8.